The molecule has 5 aromatic rings. The first-order valence-electron chi connectivity index (χ1n) is 10.4. The smallest absolute Gasteiger partial charge is 0.283 e. The summed E-state index contributed by atoms with van der Waals surface area (Å²) >= 11 is 2.62. The lowest BCUT2D eigenvalue weighted by molar-refractivity contribution is -0.113. The second kappa shape index (κ2) is 8.49. The van der Waals surface area contributed by atoms with Gasteiger partial charge in [-0.25, -0.2) is 9.97 Å². The Kier molecular flexibility index (Phi) is 5.51. The minimum absolute atomic E-state index is 0.101. The third-order valence-corrected chi connectivity index (χ3v) is 7.11. The van der Waals surface area contributed by atoms with E-state index < -0.39 is 0 Å². The van der Waals surface area contributed by atoms with E-state index in [0.717, 1.165) is 33.4 Å². The number of thioether (sulfide) groups is 1. The zero-order chi connectivity index (χ0) is 23.1. The number of anilines is 1. The van der Waals surface area contributed by atoms with Gasteiger partial charge in [-0.05, 0) is 44.0 Å². The number of carbonyl (C=O) groups excluding carboxylic acids is 1. The van der Waals surface area contributed by atoms with Crippen LogP contribution in [0.5, 0.6) is 0 Å². The predicted molar refractivity (Wildman–Crippen MR) is 135 cm³/mol. The zero-order valence-corrected chi connectivity index (χ0v) is 19.9. The molecular formula is C24H21N5O2S2. The largest absolute Gasteiger partial charge is 0.349 e. The van der Waals surface area contributed by atoms with Crippen LogP contribution in [0.3, 0.4) is 0 Å². The number of aryl methyl sites for hydroxylation is 3. The summed E-state index contributed by atoms with van der Waals surface area (Å²) in [4.78, 5) is 38.6. The molecule has 0 saturated carbocycles. The van der Waals surface area contributed by atoms with Gasteiger partial charge in [0.05, 0.1) is 17.1 Å². The van der Waals surface area contributed by atoms with Gasteiger partial charge < -0.3 is 10.3 Å². The molecule has 7 nitrogen and oxygen atoms in total. The van der Waals surface area contributed by atoms with Crippen LogP contribution < -0.4 is 10.9 Å². The number of carbonyl (C=O) groups is 1. The van der Waals surface area contributed by atoms with E-state index in [1.807, 2.05) is 68.6 Å². The van der Waals surface area contributed by atoms with Crippen molar-refractivity contribution in [2.45, 2.75) is 25.9 Å². The minimum Gasteiger partial charge on any atom is -0.349 e. The third kappa shape index (κ3) is 4.05. The first-order valence-corrected chi connectivity index (χ1v) is 12.2. The maximum atomic E-state index is 13.7. The van der Waals surface area contributed by atoms with Crippen molar-refractivity contribution < 1.29 is 4.79 Å². The summed E-state index contributed by atoms with van der Waals surface area (Å²) in [6, 6.07) is 13.7. The van der Waals surface area contributed by atoms with Crippen LogP contribution in [0.15, 0.2) is 57.8 Å². The van der Waals surface area contributed by atoms with Gasteiger partial charge in [-0.2, -0.15) is 0 Å². The Morgan fingerprint density at radius 1 is 1.15 bits per heavy atom. The molecule has 1 amide bonds. The van der Waals surface area contributed by atoms with Crippen LogP contribution >= 0.6 is 23.1 Å². The molecular weight excluding hydrogens is 454 g/mol. The SMILES string of the molecule is Cc1ccc(C)c(-n2c(SCC(=O)Nc3nc(C)cs3)nc3c([nH]c4ccccc43)c2=O)c1. The number of hydrogen-bond acceptors (Lipinski definition) is 6. The van der Waals surface area contributed by atoms with E-state index in [1.165, 1.54) is 23.1 Å². The summed E-state index contributed by atoms with van der Waals surface area (Å²) in [7, 11) is 0. The van der Waals surface area contributed by atoms with Crippen molar-refractivity contribution in [2.75, 3.05) is 11.1 Å². The molecule has 0 radical (unpaired) electrons. The standard InChI is InChI=1S/C24H21N5O2S2/c1-13-8-9-14(2)18(10-13)29-22(31)21-20(16-6-4-5-7-17(16)26-21)28-24(29)33-12-19(30)27-23-25-15(3)11-32-23/h4-11,26H,12H2,1-3H3,(H,25,27,30). The van der Waals surface area contributed by atoms with E-state index in [2.05, 4.69) is 15.3 Å². The van der Waals surface area contributed by atoms with E-state index >= 15 is 0 Å². The van der Waals surface area contributed by atoms with Crippen molar-refractivity contribution in [3.8, 4) is 5.69 Å². The molecule has 2 N–H and O–H groups in total. The van der Waals surface area contributed by atoms with Crippen LogP contribution in [-0.2, 0) is 4.79 Å². The molecule has 5 rings (SSSR count). The topological polar surface area (TPSA) is 92.7 Å². The molecule has 0 saturated heterocycles. The molecule has 0 aliphatic rings. The Balaban J connectivity index is 1.61. The highest BCUT2D eigenvalue weighted by atomic mass is 32.2. The number of benzene rings is 2. The number of amides is 1. The average molecular weight is 476 g/mol. The highest BCUT2D eigenvalue weighted by Crippen LogP contribution is 2.28. The fraction of sp³-hybridized carbons (Fsp3) is 0.167. The van der Waals surface area contributed by atoms with Crippen LogP contribution in [0.4, 0.5) is 5.13 Å². The maximum Gasteiger partial charge on any atom is 0.283 e. The second-order valence-corrected chi connectivity index (χ2v) is 9.65. The number of aromatic amines is 1. The summed E-state index contributed by atoms with van der Waals surface area (Å²) in [6.07, 6.45) is 0. The van der Waals surface area contributed by atoms with Crippen LogP contribution in [0, 0.1) is 20.8 Å². The quantitative estimate of drug-likeness (QED) is 0.276. The van der Waals surface area contributed by atoms with E-state index in [1.54, 1.807) is 4.57 Å². The molecule has 0 aliphatic carbocycles. The lowest BCUT2D eigenvalue weighted by atomic mass is 10.1. The minimum atomic E-state index is -0.199. The van der Waals surface area contributed by atoms with Gasteiger partial charge in [0, 0.05) is 16.3 Å². The lowest BCUT2D eigenvalue weighted by Gasteiger charge is -2.15. The maximum absolute atomic E-state index is 13.7. The summed E-state index contributed by atoms with van der Waals surface area (Å²) in [5.74, 6) is -0.0980. The third-order valence-electron chi connectivity index (χ3n) is 5.30. The van der Waals surface area contributed by atoms with Gasteiger partial charge in [-0.1, -0.05) is 42.1 Å². The van der Waals surface area contributed by atoms with Crippen molar-refractivity contribution in [3.05, 3.63) is 75.0 Å². The van der Waals surface area contributed by atoms with Gasteiger partial charge >= 0.3 is 0 Å². The summed E-state index contributed by atoms with van der Waals surface area (Å²) in [5.41, 5.74) is 5.31. The Morgan fingerprint density at radius 2 is 1.97 bits per heavy atom. The molecule has 3 heterocycles. The van der Waals surface area contributed by atoms with Gasteiger partial charge in [0.2, 0.25) is 5.91 Å². The molecule has 0 aliphatic heterocycles. The number of rotatable bonds is 5. The van der Waals surface area contributed by atoms with Crippen LogP contribution in [0.2, 0.25) is 0 Å². The van der Waals surface area contributed by atoms with Gasteiger partial charge in [0.1, 0.15) is 11.0 Å². The highest BCUT2D eigenvalue weighted by Gasteiger charge is 2.19. The fourth-order valence-corrected chi connectivity index (χ4v) is 5.21. The number of aromatic nitrogens is 4. The molecule has 33 heavy (non-hydrogen) atoms. The van der Waals surface area contributed by atoms with Gasteiger partial charge in [0.25, 0.3) is 5.56 Å². The molecule has 166 valence electrons. The normalized spacial score (nSPS) is 11.4. The number of para-hydroxylation sites is 1. The molecule has 0 atom stereocenters. The number of fused-ring (bicyclic) bond motifs is 3. The number of thiazole rings is 1. The first-order chi connectivity index (χ1) is 15.9. The first kappa shape index (κ1) is 21.4. The lowest BCUT2D eigenvalue weighted by Crippen LogP contribution is -2.23. The van der Waals surface area contributed by atoms with E-state index in [9.17, 15) is 9.59 Å². The Bertz CT molecular complexity index is 1580. The molecule has 2 aromatic carbocycles. The highest BCUT2D eigenvalue weighted by molar-refractivity contribution is 7.99. The predicted octanol–water partition coefficient (Wildman–Crippen LogP) is 4.98. The summed E-state index contributed by atoms with van der Waals surface area (Å²) < 4.78 is 1.60. The molecule has 0 spiro atoms. The fourth-order valence-electron chi connectivity index (χ4n) is 3.71. The van der Waals surface area contributed by atoms with Crippen molar-refractivity contribution in [3.63, 3.8) is 0 Å². The molecule has 0 bridgehead atoms. The average Bonchev–Trinajstić information content (AvgIpc) is 3.37. The number of nitrogens with zero attached hydrogens (tertiary/aromatic N) is 3. The molecule has 3 aromatic heterocycles. The monoisotopic (exact) mass is 475 g/mol. The Hall–Kier alpha value is -3.43. The van der Waals surface area contributed by atoms with Gasteiger partial charge in [-0.15, -0.1) is 11.3 Å². The zero-order valence-electron chi connectivity index (χ0n) is 18.3. The summed E-state index contributed by atoms with van der Waals surface area (Å²) in [5, 5.41) is 6.60. The Morgan fingerprint density at radius 3 is 2.76 bits per heavy atom. The van der Waals surface area contributed by atoms with Crippen LogP contribution in [0.25, 0.3) is 27.6 Å². The number of hydrogen-bond donors (Lipinski definition) is 2. The van der Waals surface area contributed by atoms with Crippen molar-refractivity contribution >= 4 is 56.1 Å². The van der Waals surface area contributed by atoms with Crippen molar-refractivity contribution in [1.29, 1.82) is 0 Å². The molecule has 0 unspecified atom stereocenters. The van der Waals surface area contributed by atoms with Crippen LogP contribution in [0.1, 0.15) is 16.8 Å². The molecule has 9 heteroatoms. The van der Waals surface area contributed by atoms with Gasteiger partial charge in [-0.3, -0.25) is 14.2 Å². The van der Waals surface area contributed by atoms with Gasteiger partial charge in [0.15, 0.2) is 10.3 Å². The molecule has 0 fully saturated rings. The van der Waals surface area contributed by atoms with E-state index in [0.29, 0.717) is 21.3 Å². The Labute approximate surface area is 197 Å². The van der Waals surface area contributed by atoms with Crippen molar-refractivity contribution in [2.24, 2.45) is 0 Å². The van der Waals surface area contributed by atoms with Crippen molar-refractivity contribution in [1.82, 2.24) is 19.5 Å². The second-order valence-electron chi connectivity index (χ2n) is 7.85. The number of nitrogens with one attached hydrogen (secondary N) is 2. The number of H-pyrrole nitrogens is 1. The van der Waals surface area contributed by atoms with E-state index in [4.69, 9.17) is 4.98 Å². The van der Waals surface area contributed by atoms with Crippen LogP contribution in [-0.4, -0.2) is 31.2 Å². The summed E-state index contributed by atoms with van der Waals surface area (Å²) in [6.45, 7) is 5.83. The van der Waals surface area contributed by atoms with E-state index in [-0.39, 0.29) is 17.2 Å².